The summed E-state index contributed by atoms with van der Waals surface area (Å²) < 4.78 is 11.0. The molecule has 22 valence electrons. The van der Waals surface area contributed by atoms with Crippen LogP contribution in [0.5, 0.6) is 0 Å². The molecule has 0 radical (unpaired) electrons. The van der Waals surface area contributed by atoms with Gasteiger partial charge in [0, 0.05) is 0 Å². The van der Waals surface area contributed by atoms with Gasteiger partial charge in [-0.2, -0.15) is 0 Å². The highest BCUT2D eigenvalue weighted by molar-refractivity contribution is 6.98. The van der Waals surface area contributed by atoms with E-state index >= 15 is 0 Å². The van der Waals surface area contributed by atoms with Gasteiger partial charge >= 0.3 is 0 Å². The normalized spacial score (nSPS) is 6.50. The van der Waals surface area contributed by atoms with Crippen molar-refractivity contribution < 1.29 is 4.32 Å². The fourth-order valence-corrected chi connectivity index (χ4v) is 0. The van der Waals surface area contributed by atoms with Crippen LogP contribution < -0.4 is 0 Å². The summed E-state index contributed by atoms with van der Waals surface area (Å²) >= 11 is 0. The molecule has 0 saturated carbocycles. The van der Waals surface area contributed by atoms with Crippen LogP contribution in [-0.2, 0) is 0 Å². The lowest BCUT2D eigenvalue weighted by Crippen LogP contribution is -1.92. The Morgan fingerprint density at radius 2 is 2.00 bits per heavy atom. The lowest BCUT2D eigenvalue weighted by molar-refractivity contribution is 0.867. The van der Waals surface area contributed by atoms with Crippen LogP contribution in [0.2, 0.25) is 6.82 Å². The van der Waals surface area contributed by atoms with E-state index < -0.39 is 6.88 Å². The van der Waals surface area contributed by atoms with Crippen molar-refractivity contribution in [1.29, 1.82) is 0 Å². The first-order valence-electron chi connectivity index (χ1n) is 1.37. The average Bonchev–Trinajstić information content (AvgIpc) is 0.811. The monoisotopic (exact) mass is 58.1 g/mol. The van der Waals surface area contributed by atoms with Gasteiger partial charge in [-0.25, -0.2) is 0 Å². The van der Waals surface area contributed by atoms with E-state index in [4.69, 9.17) is 0 Å². The molecule has 0 aromatic heterocycles. The maximum atomic E-state index is 11.0. The fraction of sp³-hybridized carbons (Fsp3) is 1.00. The van der Waals surface area contributed by atoms with Gasteiger partial charge < -0.3 is 4.32 Å². The molecular weight excluding hydrogens is 52.6 g/mol. The first-order valence-corrected chi connectivity index (χ1v) is 1.37. The van der Waals surface area contributed by atoms with Crippen molar-refractivity contribution in [2.24, 2.45) is 0 Å². The predicted octanol–water partition coefficient (Wildman–Crippen LogP) is -0.293. The summed E-state index contributed by atoms with van der Waals surface area (Å²) in [7, 11) is 1.50. The van der Waals surface area contributed by atoms with Crippen LogP contribution in [0.4, 0.5) is 4.32 Å². The van der Waals surface area contributed by atoms with E-state index in [2.05, 4.69) is 0 Å². The predicted molar refractivity (Wildman–Crippen MR) is 21.3 cm³/mol. The Labute approximate surface area is 26.9 Å². The molecule has 0 aliphatic heterocycles. The lowest BCUT2D eigenvalue weighted by atomic mass is 9.53. The van der Waals surface area contributed by atoms with Gasteiger partial charge in [0.15, 0.2) is 0 Å². The quantitative estimate of drug-likeness (QED) is 0.335. The minimum absolute atomic E-state index is 0.667. The molecule has 0 aromatic carbocycles. The van der Waals surface area contributed by atoms with E-state index in [1.54, 1.807) is 0 Å². The molecule has 0 aliphatic carbocycles. The topological polar surface area (TPSA) is 0 Å². The summed E-state index contributed by atoms with van der Waals surface area (Å²) in [4.78, 5) is 0. The van der Waals surface area contributed by atoms with Crippen LogP contribution in [0.1, 0.15) is 0 Å². The number of hydrogen-bond donors (Lipinski definition) is 0. The molecule has 0 aliphatic rings. The van der Waals surface area contributed by atoms with Gasteiger partial charge in [0.25, 0.3) is 6.88 Å². The summed E-state index contributed by atoms with van der Waals surface area (Å²) in [5.74, 6) is 0. The summed E-state index contributed by atoms with van der Waals surface area (Å²) in [5, 5.41) is 0. The third kappa shape index (κ3) is 646. The van der Waals surface area contributed by atoms with Crippen LogP contribution >= 0.6 is 0 Å². The minimum Gasteiger partial charge on any atom is -0.348 e. The molecule has 0 fully saturated rings. The van der Waals surface area contributed by atoms with Crippen LogP contribution in [0.3, 0.4) is 0 Å². The number of hydrogen-bond acceptors (Lipinski definition) is 0. The molecule has 0 nitrogen and oxygen atoms in total. The van der Waals surface area contributed by atoms with Gasteiger partial charge in [0.05, 0.1) is 0 Å². The van der Waals surface area contributed by atoms with Crippen molar-refractivity contribution in [3.8, 4) is 0 Å². The number of halogens is 1. The third-order valence-corrected chi connectivity index (χ3v) is 0. The first-order chi connectivity index (χ1) is 1.73. The van der Waals surface area contributed by atoms with E-state index in [1.807, 2.05) is 0 Å². The Kier molecular flexibility index (Phi) is 1.41. The number of rotatable bonds is 0. The summed E-state index contributed by atoms with van der Waals surface area (Å²) in [6, 6.07) is 0. The summed E-state index contributed by atoms with van der Waals surface area (Å²) in [6.45, 7) is 0.833. The molecule has 0 saturated heterocycles. The molecule has 0 N–H and O–H groups in total. The van der Waals surface area contributed by atoms with E-state index in [0.717, 1.165) is 0 Å². The molecule has 0 heterocycles. The Morgan fingerprint density at radius 3 is 2.00 bits per heavy atom. The van der Waals surface area contributed by atoms with E-state index in [1.165, 1.54) is 14.6 Å². The zero-order valence-corrected chi connectivity index (χ0v) is 2.96. The summed E-state index contributed by atoms with van der Waals surface area (Å²) in [6.07, 6.45) is 0. The molecule has 0 unspecified atom stereocenters. The standard InChI is InChI=1S/CH5B2F/c1-3(2)4/h2H2,1H3. The maximum Gasteiger partial charge on any atom is 0.298 e. The highest BCUT2D eigenvalue weighted by atomic mass is 19.1. The van der Waals surface area contributed by atoms with Crippen molar-refractivity contribution in [3.63, 3.8) is 0 Å². The van der Waals surface area contributed by atoms with E-state index in [-0.39, 0.29) is 0 Å². The highest BCUT2D eigenvalue weighted by Gasteiger charge is 1.85. The van der Waals surface area contributed by atoms with Crippen LogP contribution in [0, 0.1) is 0 Å². The van der Waals surface area contributed by atoms with Gasteiger partial charge in [-0.05, 0) is 0 Å². The molecule has 0 bridgehead atoms. The zero-order valence-electron chi connectivity index (χ0n) is 2.96. The Hall–Kier alpha value is 0.0599. The van der Waals surface area contributed by atoms with Crippen LogP contribution in [0.25, 0.3) is 0 Å². The van der Waals surface area contributed by atoms with Crippen molar-refractivity contribution in [1.82, 2.24) is 0 Å². The Bertz CT molecular complexity index is 10.8. The lowest BCUT2D eigenvalue weighted by Gasteiger charge is -1.66. The van der Waals surface area contributed by atoms with Gasteiger partial charge in [-0.15, -0.1) is 0 Å². The molecule has 0 amide bonds. The molecule has 0 aromatic rings. The highest BCUT2D eigenvalue weighted by Crippen LogP contribution is 1.64. The van der Waals surface area contributed by atoms with Gasteiger partial charge in [0.2, 0.25) is 0 Å². The van der Waals surface area contributed by atoms with Gasteiger partial charge in [-0.3, -0.25) is 0 Å². The zero-order chi connectivity index (χ0) is 3.58. The van der Waals surface area contributed by atoms with E-state index in [9.17, 15) is 4.32 Å². The van der Waals surface area contributed by atoms with Crippen molar-refractivity contribution in [2.45, 2.75) is 6.82 Å². The van der Waals surface area contributed by atoms with Crippen molar-refractivity contribution in [2.75, 3.05) is 0 Å². The van der Waals surface area contributed by atoms with E-state index in [0.29, 0.717) is 0 Å². The van der Waals surface area contributed by atoms with Crippen molar-refractivity contribution in [3.05, 3.63) is 0 Å². The first kappa shape index (κ1) is 4.06. The third-order valence-electron chi connectivity index (χ3n) is 0. The van der Waals surface area contributed by atoms with Crippen molar-refractivity contribution >= 4 is 14.6 Å². The SMILES string of the molecule is BB(C)F. The molecular formula is CH5B2F. The Balaban J connectivity index is 2.32. The Morgan fingerprint density at radius 1 is 2.00 bits per heavy atom. The smallest absolute Gasteiger partial charge is 0.298 e. The maximum absolute atomic E-state index is 11.0. The second-order valence-electron chi connectivity index (χ2n) is 1.01. The molecule has 0 atom stereocenters. The molecule has 0 spiro atoms. The van der Waals surface area contributed by atoms with Crippen LogP contribution in [0.15, 0.2) is 0 Å². The second kappa shape index (κ2) is 1.39. The van der Waals surface area contributed by atoms with Crippen LogP contribution in [-0.4, -0.2) is 14.6 Å². The molecule has 4 heavy (non-hydrogen) atoms. The minimum atomic E-state index is -0.667. The molecule has 0 rings (SSSR count). The average molecular weight is 57.7 g/mol. The largest absolute Gasteiger partial charge is 0.348 e. The summed E-state index contributed by atoms with van der Waals surface area (Å²) in [5.41, 5.74) is 0. The molecule has 3 heteroatoms. The second-order valence-corrected chi connectivity index (χ2v) is 1.01. The van der Waals surface area contributed by atoms with Gasteiger partial charge in [0.1, 0.15) is 7.74 Å². The fourth-order valence-electron chi connectivity index (χ4n) is 0. The van der Waals surface area contributed by atoms with Gasteiger partial charge in [-0.1, -0.05) is 6.82 Å².